The average molecular weight is 285 g/mol. The Labute approximate surface area is 114 Å². The first kappa shape index (κ1) is 13.8. The number of aromatic carboxylic acids is 1. The number of carbonyl (C=O) groups excluding carboxylic acids is 1. The summed E-state index contributed by atoms with van der Waals surface area (Å²) in [7, 11) is 0. The topological polar surface area (TPSA) is 101 Å². The first-order chi connectivity index (χ1) is 9.15. The monoisotopic (exact) mass is 285 g/mol. The van der Waals surface area contributed by atoms with Crippen molar-refractivity contribution >= 4 is 23.3 Å². The van der Waals surface area contributed by atoms with Crippen LogP contribution in [0.4, 0.5) is 4.79 Å². The van der Waals surface area contributed by atoms with Gasteiger partial charge < -0.3 is 20.5 Å². The summed E-state index contributed by atoms with van der Waals surface area (Å²) in [6.45, 7) is 1.66. The molecule has 2 heterocycles. The van der Waals surface area contributed by atoms with Gasteiger partial charge in [0.15, 0.2) is 5.69 Å². The van der Waals surface area contributed by atoms with Crippen LogP contribution in [0.2, 0.25) is 0 Å². The number of urea groups is 1. The standard InChI is InChI=1S/C11H15N3O4S/c15-10(16)8-6-19-9(14-8)1-3-12-11(17)13-7-2-4-18-5-7/h6-7H,1-5H2,(H,15,16)(H2,12,13,17). The fourth-order valence-corrected chi connectivity index (χ4v) is 2.46. The van der Waals surface area contributed by atoms with Crippen LogP contribution >= 0.6 is 11.3 Å². The van der Waals surface area contributed by atoms with Crippen molar-refractivity contribution < 1.29 is 19.4 Å². The maximum atomic E-state index is 11.5. The summed E-state index contributed by atoms with van der Waals surface area (Å²) in [5.74, 6) is -1.03. The predicted octanol–water partition coefficient (Wildman–Crippen LogP) is 0.472. The number of thiazole rings is 1. The van der Waals surface area contributed by atoms with Gasteiger partial charge in [0, 0.05) is 25.0 Å². The SMILES string of the molecule is O=C(NCCc1nc(C(=O)O)cs1)NC1CCOC1. The minimum atomic E-state index is -1.03. The van der Waals surface area contributed by atoms with Crippen LogP contribution in [0.3, 0.4) is 0 Å². The van der Waals surface area contributed by atoms with Crippen molar-refractivity contribution in [3.05, 3.63) is 16.1 Å². The Morgan fingerprint density at radius 1 is 1.58 bits per heavy atom. The second-order valence-corrected chi connectivity index (χ2v) is 5.09. The van der Waals surface area contributed by atoms with Crippen molar-refractivity contribution in [2.75, 3.05) is 19.8 Å². The van der Waals surface area contributed by atoms with Crippen molar-refractivity contribution in [3.63, 3.8) is 0 Å². The highest BCUT2D eigenvalue weighted by molar-refractivity contribution is 7.09. The largest absolute Gasteiger partial charge is 0.476 e. The molecule has 0 bridgehead atoms. The van der Waals surface area contributed by atoms with Crippen molar-refractivity contribution in [3.8, 4) is 0 Å². The van der Waals surface area contributed by atoms with E-state index >= 15 is 0 Å². The van der Waals surface area contributed by atoms with Crippen LogP contribution in [0.5, 0.6) is 0 Å². The number of carboxylic acids is 1. The second-order valence-electron chi connectivity index (χ2n) is 4.14. The molecule has 19 heavy (non-hydrogen) atoms. The zero-order valence-electron chi connectivity index (χ0n) is 10.2. The highest BCUT2D eigenvalue weighted by Crippen LogP contribution is 2.09. The molecule has 2 rings (SSSR count). The number of aromatic nitrogens is 1. The molecule has 1 aromatic rings. The van der Waals surface area contributed by atoms with E-state index in [0.29, 0.717) is 31.2 Å². The quantitative estimate of drug-likeness (QED) is 0.730. The third kappa shape index (κ3) is 4.18. The molecule has 2 amide bonds. The van der Waals surface area contributed by atoms with Crippen LogP contribution < -0.4 is 10.6 Å². The fourth-order valence-electron chi connectivity index (χ4n) is 1.69. The van der Waals surface area contributed by atoms with Crippen LogP contribution in [-0.4, -0.2) is 47.9 Å². The molecule has 7 nitrogen and oxygen atoms in total. The maximum Gasteiger partial charge on any atom is 0.355 e. The molecule has 1 fully saturated rings. The Morgan fingerprint density at radius 3 is 3.05 bits per heavy atom. The number of hydrogen-bond acceptors (Lipinski definition) is 5. The van der Waals surface area contributed by atoms with Gasteiger partial charge >= 0.3 is 12.0 Å². The zero-order chi connectivity index (χ0) is 13.7. The van der Waals surface area contributed by atoms with E-state index in [4.69, 9.17) is 9.84 Å². The number of carbonyl (C=O) groups is 2. The van der Waals surface area contributed by atoms with Crippen molar-refractivity contribution in [1.29, 1.82) is 0 Å². The van der Waals surface area contributed by atoms with Gasteiger partial charge in [0.2, 0.25) is 0 Å². The third-order valence-electron chi connectivity index (χ3n) is 2.66. The lowest BCUT2D eigenvalue weighted by atomic mass is 10.3. The van der Waals surface area contributed by atoms with Gasteiger partial charge in [-0.15, -0.1) is 11.3 Å². The van der Waals surface area contributed by atoms with E-state index < -0.39 is 5.97 Å². The molecule has 0 aromatic carbocycles. The van der Waals surface area contributed by atoms with Gasteiger partial charge in [-0.2, -0.15) is 0 Å². The summed E-state index contributed by atoms with van der Waals surface area (Å²) >= 11 is 1.28. The maximum absolute atomic E-state index is 11.5. The lowest BCUT2D eigenvalue weighted by molar-refractivity contribution is 0.0691. The molecule has 1 atom stereocenters. The van der Waals surface area contributed by atoms with Gasteiger partial charge in [-0.05, 0) is 6.42 Å². The molecule has 1 aromatic heterocycles. The van der Waals surface area contributed by atoms with Crippen molar-refractivity contribution in [2.24, 2.45) is 0 Å². The van der Waals surface area contributed by atoms with Gasteiger partial charge in [0.25, 0.3) is 0 Å². The highest BCUT2D eigenvalue weighted by Gasteiger charge is 2.17. The molecular weight excluding hydrogens is 270 g/mol. The predicted molar refractivity (Wildman–Crippen MR) is 68.5 cm³/mol. The fraction of sp³-hybridized carbons (Fsp3) is 0.545. The molecule has 1 aliphatic heterocycles. The van der Waals surface area contributed by atoms with E-state index in [2.05, 4.69) is 15.6 Å². The lowest BCUT2D eigenvalue weighted by Gasteiger charge is -2.11. The number of rotatable bonds is 5. The third-order valence-corrected chi connectivity index (χ3v) is 3.57. The Bertz CT molecular complexity index is 457. The van der Waals surface area contributed by atoms with E-state index in [1.165, 1.54) is 16.7 Å². The van der Waals surface area contributed by atoms with Crippen LogP contribution in [0.25, 0.3) is 0 Å². The summed E-state index contributed by atoms with van der Waals surface area (Å²) in [5.41, 5.74) is 0.0487. The summed E-state index contributed by atoms with van der Waals surface area (Å²) in [6.07, 6.45) is 1.36. The molecule has 104 valence electrons. The molecule has 0 saturated carbocycles. The molecule has 0 aliphatic carbocycles. The van der Waals surface area contributed by atoms with Crippen LogP contribution in [0, 0.1) is 0 Å². The number of ether oxygens (including phenoxy) is 1. The minimum Gasteiger partial charge on any atom is -0.476 e. The van der Waals surface area contributed by atoms with Crippen LogP contribution in [0.1, 0.15) is 21.9 Å². The molecule has 3 N–H and O–H groups in total. The summed E-state index contributed by atoms with van der Waals surface area (Å²) in [5, 5.41) is 16.4. The summed E-state index contributed by atoms with van der Waals surface area (Å²) in [4.78, 5) is 26.1. The van der Waals surface area contributed by atoms with Crippen LogP contribution in [-0.2, 0) is 11.2 Å². The molecule has 0 spiro atoms. The summed E-state index contributed by atoms with van der Waals surface area (Å²) in [6, 6.07) is -0.149. The number of nitrogens with zero attached hydrogens (tertiary/aromatic N) is 1. The van der Waals surface area contributed by atoms with E-state index in [9.17, 15) is 9.59 Å². The lowest BCUT2D eigenvalue weighted by Crippen LogP contribution is -2.42. The first-order valence-electron chi connectivity index (χ1n) is 5.95. The number of carboxylic acid groups (broad SMARTS) is 1. The summed E-state index contributed by atoms with van der Waals surface area (Å²) < 4.78 is 5.15. The second kappa shape index (κ2) is 6.48. The zero-order valence-corrected chi connectivity index (χ0v) is 11.0. The van der Waals surface area contributed by atoms with Crippen LogP contribution in [0.15, 0.2) is 5.38 Å². The van der Waals surface area contributed by atoms with Crippen molar-refractivity contribution in [1.82, 2.24) is 15.6 Å². The first-order valence-corrected chi connectivity index (χ1v) is 6.83. The molecular formula is C11H15N3O4S. The van der Waals surface area contributed by atoms with E-state index in [1.54, 1.807) is 0 Å². The Kier molecular flexibility index (Phi) is 4.69. The van der Waals surface area contributed by atoms with E-state index in [-0.39, 0.29) is 17.8 Å². The number of nitrogens with one attached hydrogen (secondary N) is 2. The molecule has 0 radical (unpaired) electrons. The Morgan fingerprint density at radius 2 is 2.42 bits per heavy atom. The Hall–Kier alpha value is -1.67. The van der Waals surface area contributed by atoms with Gasteiger partial charge in [-0.1, -0.05) is 0 Å². The molecule has 1 unspecified atom stereocenters. The number of amides is 2. The van der Waals surface area contributed by atoms with Gasteiger partial charge in [-0.25, -0.2) is 14.6 Å². The van der Waals surface area contributed by atoms with Gasteiger partial charge in [0.1, 0.15) is 0 Å². The van der Waals surface area contributed by atoms with E-state index in [0.717, 1.165) is 6.42 Å². The van der Waals surface area contributed by atoms with Crippen molar-refractivity contribution in [2.45, 2.75) is 18.9 Å². The average Bonchev–Trinajstić information content (AvgIpc) is 3.00. The van der Waals surface area contributed by atoms with E-state index in [1.807, 2.05) is 0 Å². The molecule has 8 heteroatoms. The van der Waals surface area contributed by atoms with Gasteiger partial charge in [-0.3, -0.25) is 0 Å². The normalized spacial score (nSPS) is 18.2. The molecule has 1 saturated heterocycles. The smallest absolute Gasteiger partial charge is 0.355 e. The minimum absolute atomic E-state index is 0.0487. The highest BCUT2D eigenvalue weighted by atomic mass is 32.1. The molecule has 1 aliphatic rings. The number of hydrogen-bond donors (Lipinski definition) is 3. The Balaban J connectivity index is 1.67. The van der Waals surface area contributed by atoms with Gasteiger partial charge in [0.05, 0.1) is 17.7 Å².